The van der Waals surface area contributed by atoms with E-state index in [0.717, 1.165) is 4.90 Å². The Kier molecular flexibility index (Phi) is 3.62. The van der Waals surface area contributed by atoms with E-state index in [1.165, 1.54) is 0 Å². The monoisotopic (exact) mass is 256 g/mol. The quantitative estimate of drug-likeness (QED) is 0.609. The predicted molar refractivity (Wildman–Crippen MR) is 68.0 cm³/mol. The number of nitrogens with zero attached hydrogens (tertiary/aromatic N) is 1. The first-order valence-electron chi connectivity index (χ1n) is 5.76. The van der Waals surface area contributed by atoms with Crippen LogP contribution in [0.4, 0.5) is 0 Å². The molecule has 1 N–H and O–H groups in total. The molecule has 1 heterocycles. The van der Waals surface area contributed by atoms with Crippen LogP contribution >= 0.6 is 0 Å². The van der Waals surface area contributed by atoms with Gasteiger partial charge in [-0.2, -0.15) is 0 Å². The third-order valence-electron chi connectivity index (χ3n) is 2.82. The highest BCUT2D eigenvalue weighted by Gasteiger charge is 2.31. The van der Waals surface area contributed by atoms with E-state index in [9.17, 15) is 14.4 Å². The van der Waals surface area contributed by atoms with E-state index < -0.39 is 11.8 Å². The molecule has 0 aliphatic carbocycles. The molecule has 0 unspecified atom stereocenters. The topological polar surface area (TPSA) is 66.5 Å². The fourth-order valence-electron chi connectivity index (χ4n) is 1.91. The number of carbonyl (C=O) groups excluding carboxylic acids is 3. The molecular weight excluding hydrogens is 244 g/mol. The van der Waals surface area contributed by atoms with Gasteiger partial charge in [0.1, 0.15) is 6.54 Å². The maximum absolute atomic E-state index is 12.1. The molecule has 5 nitrogen and oxygen atoms in total. The Hall–Kier alpha value is -2.61. The fourth-order valence-corrected chi connectivity index (χ4v) is 1.91. The van der Waals surface area contributed by atoms with Gasteiger partial charge in [0.25, 0.3) is 5.91 Å². The minimum atomic E-state index is -0.445. The number of hydrogen-bond donors (Lipinski definition) is 1. The summed E-state index contributed by atoms with van der Waals surface area (Å²) < 4.78 is 0. The molecule has 0 radical (unpaired) electrons. The average molecular weight is 256 g/mol. The third kappa shape index (κ3) is 2.63. The Morgan fingerprint density at radius 2 is 2.11 bits per heavy atom. The van der Waals surface area contributed by atoms with Crippen molar-refractivity contribution in [2.75, 3.05) is 13.1 Å². The molecule has 0 spiro atoms. The van der Waals surface area contributed by atoms with E-state index in [4.69, 9.17) is 6.42 Å². The van der Waals surface area contributed by atoms with Crippen molar-refractivity contribution < 1.29 is 14.4 Å². The maximum Gasteiger partial charge on any atom is 0.261 e. The van der Waals surface area contributed by atoms with Crippen LogP contribution in [-0.2, 0) is 16.0 Å². The van der Waals surface area contributed by atoms with Gasteiger partial charge in [0, 0.05) is 5.56 Å². The second-order valence-corrected chi connectivity index (χ2v) is 4.10. The van der Waals surface area contributed by atoms with Gasteiger partial charge in [0.15, 0.2) is 0 Å². The number of hydrogen-bond acceptors (Lipinski definition) is 3. The molecule has 1 aliphatic rings. The second-order valence-electron chi connectivity index (χ2n) is 4.10. The Balaban J connectivity index is 2.15. The summed E-state index contributed by atoms with van der Waals surface area (Å²) in [5.74, 6) is 0.991. The van der Waals surface area contributed by atoms with Crippen molar-refractivity contribution in [3.63, 3.8) is 0 Å². The SMILES string of the molecule is C#CCNC(=O)CN1C(=O)Cc2ccccc2C1=O. The van der Waals surface area contributed by atoms with Gasteiger partial charge in [-0.3, -0.25) is 19.3 Å². The Morgan fingerprint density at radius 3 is 2.84 bits per heavy atom. The highest BCUT2D eigenvalue weighted by atomic mass is 16.2. The standard InChI is InChI=1S/C14H12N2O3/c1-2-7-15-12(17)9-16-13(18)8-10-5-3-4-6-11(10)14(16)19/h1,3-6H,7-9H2,(H,15,17). The summed E-state index contributed by atoms with van der Waals surface area (Å²) in [6.07, 6.45) is 5.14. The molecule has 19 heavy (non-hydrogen) atoms. The van der Waals surface area contributed by atoms with E-state index >= 15 is 0 Å². The van der Waals surface area contributed by atoms with Gasteiger partial charge >= 0.3 is 0 Å². The summed E-state index contributed by atoms with van der Waals surface area (Å²) in [6, 6.07) is 6.88. The highest BCUT2D eigenvalue weighted by molar-refractivity contribution is 6.11. The third-order valence-corrected chi connectivity index (χ3v) is 2.82. The summed E-state index contributed by atoms with van der Waals surface area (Å²) in [6.45, 7) is -0.223. The lowest BCUT2D eigenvalue weighted by atomic mass is 9.98. The van der Waals surface area contributed by atoms with Crippen LogP contribution in [-0.4, -0.2) is 35.7 Å². The molecule has 5 heteroatoms. The number of imide groups is 1. The van der Waals surface area contributed by atoms with E-state index in [2.05, 4.69) is 11.2 Å². The molecule has 0 saturated heterocycles. The lowest BCUT2D eigenvalue weighted by Gasteiger charge is -2.26. The molecular formula is C14H12N2O3. The zero-order chi connectivity index (χ0) is 13.8. The first-order chi connectivity index (χ1) is 9.13. The van der Waals surface area contributed by atoms with Crippen LogP contribution < -0.4 is 5.32 Å². The summed E-state index contributed by atoms with van der Waals surface area (Å²) in [5.41, 5.74) is 1.16. The van der Waals surface area contributed by atoms with Crippen LogP contribution in [0, 0.1) is 12.3 Å². The first kappa shape index (κ1) is 12.8. The zero-order valence-electron chi connectivity index (χ0n) is 10.2. The summed E-state index contributed by atoms with van der Waals surface area (Å²) in [4.78, 5) is 36.5. The number of amides is 3. The molecule has 0 fully saturated rings. The molecule has 1 aromatic rings. The lowest BCUT2D eigenvalue weighted by molar-refractivity contribution is -0.133. The number of terminal acetylenes is 1. The lowest BCUT2D eigenvalue weighted by Crippen LogP contribution is -2.47. The van der Waals surface area contributed by atoms with Crippen molar-refractivity contribution in [2.45, 2.75) is 6.42 Å². The Labute approximate surface area is 110 Å². The van der Waals surface area contributed by atoms with E-state index in [1.54, 1.807) is 24.3 Å². The molecule has 1 aliphatic heterocycles. The second kappa shape index (κ2) is 5.36. The molecule has 96 valence electrons. The minimum absolute atomic E-state index is 0.0750. The maximum atomic E-state index is 12.1. The average Bonchev–Trinajstić information content (AvgIpc) is 2.41. The van der Waals surface area contributed by atoms with Crippen molar-refractivity contribution in [1.82, 2.24) is 10.2 Å². The van der Waals surface area contributed by atoms with Crippen molar-refractivity contribution in [2.24, 2.45) is 0 Å². The smallest absolute Gasteiger partial charge is 0.261 e. The zero-order valence-corrected chi connectivity index (χ0v) is 10.2. The van der Waals surface area contributed by atoms with Crippen molar-refractivity contribution >= 4 is 17.7 Å². The number of fused-ring (bicyclic) bond motifs is 1. The fraction of sp³-hybridized carbons (Fsp3) is 0.214. The van der Waals surface area contributed by atoms with Gasteiger partial charge in [0.05, 0.1) is 13.0 Å². The largest absolute Gasteiger partial charge is 0.344 e. The summed E-state index contributed by atoms with van der Waals surface area (Å²) in [7, 11) is 0. The van der Waals surface area contributed by atoms with Gasteiger partial charge in [-0.15, -0.1) is 6.42 Å². The van der Waals surface area contributed by atoms with Crippen molar-refractivity contribution in [3.8, 4) is 12.3 Å². The molecule has 0 atom stereocenters. The normalized spacial score (nSPS) is 13.7. The van der Waals surface area contributed by atoms with Crippen LogP contribution in [0.15, 0.2) is 24.3 Å². The van der Waals surface area contributed by atoms with Gasteiger partial charge in [-0.1, -0.05) is 24.1 Å². The molecule has 0 bridgehead atoms. The molecule has 1 aromatic carbocycles. The Morgan fingerprint density at radius 1 is 1.37 bits per heavy atom. The predicted octanol–water partition coefficient (Wildman–Crippen LogP) is -0.0391. The van der Waals surface area contributed by atoms with Gasteiger partial charge < -0.3 is 5.32 Å². The van der Waals surface area contributed by atoms with Crippen LogP contribution in [0.1, 0.15) is 15.9 Å². The molecule has 2 rings (SSSR count). The van der Waals surface area contributed by atoms with Crippen LogP contribution in [0.5, 0.6) is 0 Å². The number of carbonyl (C=O) groups is 3. The summed E-state index contributed by atoms with van der Waals surface area (Å²) >= 11 is 0. The molecule has 0 aromatic heterocycles. The van der Waals surface area contributed by atoms with Gasteiger partial charge in [0.2, 0.25) is 11.8 Å². The highest BCUT2D eigenvalue weighted by Crippen LogP contribution is 2.19. The van der Waals surface area contributed by atoms with Crippen molar-refractivity contribution in [1.29, 1.82) is 0 Å². The Bertz CT molecular complexity index is 587. The minimum Gasteiger partial charge on any atom is -0.344 e. The first-order valence-corrected chi connectivity index (χ1v) is 5.76. The van der Waals surface area contributed by atoms with Crippen LogP contribution in [0.25, 0.3) is 0 Å². The van der Waals surface area contributed by atoms with Gasteiger partial charge in [-0.05, 0) is 11.6 Å². The van der Waals surface area contributed by atoms with E-state index in [0.29, 0.717) is 11.1 Å². The van der Waals surface area contributed by atoms with Gasteiger partial charge in [-0.25, -0.2) is 0 Å². The van der Waals surface area contributed by atoms with E-state index in [1.807, 2.05) is 0 Å². The van der Waals surface area contributed by atoms with E-state index in [-0.39, 0.29) is 25.4 Å². The van der Waals surface area contributed by atoms with Crippen LogP contribution in [0.2, 0.25) is 0 Å². The van der Waals surface area contributed by atoms with Crippen LogP contribution in [0.3, 0.4) is 0 Å². The molecule has 0 saturated carbocycles. The number of nitrogens with one attached hydrogen (secondary N) is 1. The molecule has 3 amide bonds. The van der Waals surface area contributed by atoms with Crippen molar-refractivity contribution in [3.05, 3.63) is 35.4 Å². The summed E-state index contributed by atoms with van der Waals surface area (Å²) in [5, 5.41) is 2.42. The number of benzene rings is 1. The number of rotatable bonds is 3.